The van der Waals surface area contributed by atoms with Gasteiger partial charge in [0.25, 0.3) is 0 Å². The first-order valence-electron chi connectivity index (χ1n) is 1.64. The molecule has 0 N–H and O–H groups in total. The third-order valence-electron chi connectivity index (χ3n) is 0. The fourth-order valence-electron chi connectivity index (χ4n) is 0. The fraction of sp³-hybridized carbons (Fsp3) is 0. The molecule has 13 heavy (non-hydrogen) atoms. The molecule has 0 aromatic rings. The molecule has 0 heterocycles. The molecular formula is N3O9Pm. The Morgan fingerprint density at radius 1 is 0.538 bits per heavy atom. The molecule has 0 amide bonds. The van der Waals surface area contributed by atoms with Gasteiger partial charge in [-0.15, -0.1) is 0 Å². The van der Waals surface area contributed by atoms with Crippen LogP contribution in [0.1, 0.15) is 0 Å². The SMILES string of the molecule is O=[N+]([O-])[O-].O=[N+]([O-])[O-].O=[N+]([O-])[O-].[Pm+3]. The predicted octanol–water partition coefficient (Wildman–Crippen LogP) is -0.717. The Hall–Kier alpha value is -1.06. The molecule has 0 saturated carbocycles. The van der Waals surface area contributed by atoms with Crippen LogP contribution in [-0.2, 0) is 0 Å². The van der Waals surface area contributed by atoms with Gasteiger partial charge in [0, 0.05) is 0 Å². The third-order valence-corrected chi connectivity index (χ3v) is 0. The maximum absolute atomic E-state index is 8.25. The van der Waals surface area contributed by atoms with Gasteiger partial charge in [0.2, 0.25) is 0 Å². The van der Waals surface area contributed by atoms with Crippen molar-refractivity contribution in [1.82, 2.24) is 0 Å². The predicted molar refractivity (Wildman–Crippen MR) is 31.1 cm³/mol. The van der Waals surface area contributed by atoms with Crippen LogP contribution in [0, 0.1) is 86.4 Å². The Morgan fingerprint density at radius 3 is 0.538 bits per heavy atom. The van der Waals surface area contributed by atoms with Crippen LogP contribution in [0.2, 0.25) is 0 Å². The molecular weight excluding hydrogens is 331 g/mol. The van der Waals surface area contributed by atoms with E-state index in [4.69, 9.17) is 46.0 Å². The van der Waals surface area contributed by atoms with E-state index >= 15 is 0 Å². The first-order valence-corrected chi connectivity index (χ1v) is 1.64. The topological polar surface area (TPSA) is 199 Å². The van der Waals surface area contributed by atoms with E-state index in [1.165, 1.54) is 0 Å². The molecule has 0 fully saturated rings. The molecule has 74 valence electrons. The molecule has 0 aliphatic rings. The van der Waals surface area contributed by atoms with Crippen molar-refractivity contribution in [2.45, 2.75) is 0 Å². The summed E-state index contributed by atoms with van der Waals surface area (Å²) in [6.45, 7) is 0. The average molecular weight is 331 g/mol. The van der Waals surface area contributed by atoms with E-state index in [9.17, 15) is 0 Å². The van der Waals surface area contributed by atoms with E-state index in [0.29, 0.717) is 0 Å². The zero-order valence-electron chi connectivity index (χ0n) is 5.46. The molecule has 0 bridgehead atoms. The normalized spacial score (nSPS) is 5.54. The Labute approximate surface area is 101 Å². The standard InChI is InChI=1S/3NO3.Pm/c3*2-1(3)4;/q3*-1;+3. The summed E-state index contributed by atoms with van der Waals surface area (Å²) in [7, 11) is 0. The molecule has 0 aromatic heterocycles. The van der Waals surface area contributed by atoms with Crippen LogP contribution >= 0.6 is 0 Å². The number of nitrogens with zero attached hydrogens (tertiary/aromatic N) is 3. The van der Waals surface area contributed by atoms with E-state index in [1.54, 1.807) is 0 Å². The average Bonchev–Trinajstić information content (AvgIpc) is 1.54. The van der Waals surface area contributed by atoms with Gasteiger partial charge >= 0.3 is 40.4 Å². The maximum Gasteiger partial charge on any atom is 3.00 e. The second kappa shape index (κ2) is 17.1. The smallest absolute Gasteiger partial charge is 0.356 e. The first-order chi connectivity index (χ1) is 5.20. The van der Waals surface area contributed by atoms with Gasteiger partial charge in [0.1, 0.15) is 0 Å². The van der Waals surface area contributed by atoms with Crippen LogP contribution < -0.4 is 0 Å². The molecule has 0 aromatic carbocycles. The van der Waals surface area contributed by atoms with Crippen LogP contribution in [0.3, 0.4) is 0 Å². The minimum absolute atomic E-state index is 0. The summed E-state index contributed by atoms with van der Waals surface area (Å²) in [5, 5.41) is 44.2. The van der Waals surface area contributed by atoms with Crippen LogP contribution in [-0.4, -0.2) is 15.3 Å². The molecule has 0 saturated heterocycles. The molecule has 0 unspecified atom stereocenters. The van der Waals surface area contributed by atoms with Crippen molar-refractivity contribution in [2.75, 3.05) is 0 Å². The van der Waals surface area contributed by atoms with E-state index in [1.807, 2.05) is 0 Å². The summed E-state index contributed by atoms with van der Waals surface area (Å²) in [4.78, 5) is 24.8. The summed E-state index contributed by atoms with van der Waals surface area (Å²) in [5.74, 6) is 0. The summed E-state index contributed by atoms with van der Waals surface area (Å²) >= 11 is 0. The second-order valence-corrected chi connectivity index (χ2v) is 0.671. The van der Waals surface area contributed by atoms with Crippen molar-refractivity contribution in [3.05, 3.63) is 46.0 Å². The first kappa shape index (κ1) is 22.7. The number of hydrogen-bond donors (Lipinski definition) is 0. The van der Waals surface area contributed by atoms with Crippen molar-refractivity contribution >= 4 is 0 Å². The molecule has 12 nitrogen and oxygen atoms in total. The van der Waals surface area contributed by atoms with Crippen LogP contribution in [0.25, 0.3) is 0 Å². The van der Waals surface area contributed by atoms with E-state index in [-0.39, 0.29) is 40.4 Å². The molecule has 0 rings (SSSR count). The molecule has 0 aliphatic carbocycles. The fourth-order valence-corrected chi connectivity index (χ4v) is 0. The van der Waals surface area contributed by atoms with Crippen LogP contribution in [0.5, 0.6) is 0 Å². The quantitative estimate of drug-likeness (QED) is 0.405. The zero-order chi connectivity index (χ0) is 10.7. The number of hydrogen-bond acceptors (Lipinski definition) is 9. The summed E-state index contributed by atoms with van der Waals surface area (Å²) in [6.07, 6.45) is 0. The zero-order valence-corrected chi connectivity index (χ0v) is 8.33. The molecule has 0 spiro atoms. The summed E-state index contributed by atoms with van der Waals surface area (Å²) < 4.78 is 0. The van der Waals surface area contributed by atoms with Crippen molar-refractivity contribution in [1.29, 1.82) is 0 Å². The third kappa shape index (κ3) is 774. The minimum atomic E-state index is -1.75. The summed E-state index contributed by atoms with van der Waals surface area (Å²) in [6, 6.07) is 0. The molecule has 0 atom stereocenters. The van der Waals surface area contributed by atoms with Gasteiger partial charge < -0.3 is 46.0 Å². The van der Waals surface area contributed by atoms with Gasteiger partial charge in [-0.1, -0.05) is 0 Å². The monoisotopic (exact) mass is 331 g/mol. The van der Waals surface area contributed by atoms with Crippen molar-refractivity contribution in [3.63, 3.8) is 0 Å². The Kier molecular flexibility index (Phi) is 29.9. The van der Waals surface area contributed by atoms with Crippen molar-refractivity contribution in [2.24, 2.45) is 0 Å². The van der Waals surface area contributed by atoms with Crippen LogP contribution in [0.15, 0.2) is 0 Å². The second-order valence-electron chi connectivity index (χ2n) is 0.671. The molecule has 0 aliphatic heterocycles. The van der Waals surface area contributed by atoms with E-state index < -0.39 is 15.3 Å². The van der Waals surface area contributed by atoms with Gasteiger partial charge in [0.15, 0.2) is 0 Å². The van der Waals surface area contributed by atoms with E-state index in [2.05, 4.69) is 0 Å². The summed E-state index contributed by atoms with van der Waals surface area (Å²) in [5.41, 5.74) is 0. The van der Waals surface area contributed by atoms with Gasteiger partial charge in [-0.25, -0.2) is 0 Å². The van der Waals surface area contributed by atoms with Gasteiger partial charge in [0.05, 0.1) is 15.3 Å². The largest absolute Gasteiger partial charge is 3.00 e. The maximum atomic E-state index is 8.25. The molecule has 0 radical (unpaired) electrons. The number of rotatable bonds is 0. The Bertz CT molecular complexity index is 112. The Morgan fingerprint density at radius 2 is 0.538 bits per heavy atom. The van der Waals surface area contributed by atoms with Crippen molar-refractivity contribution in [3.8, 4) is 0 Å². The van der Waals surface area contributed by atoms with Gasteiger partial charge in [-0.3, -0.25) is 0 Å². The van der Waals surface area contributed by atoms with Gasteiger partial charge in [-0.2, -0.15) is 0 Å². The van der Waals surface area contributed by atoms with Gasteiger partial charge in [-0.05, 0) is 0 Å². The van der Waals surface area contributed by atoms with E-state index in [0.717, 1.165) is 0 Å². The molecule has 13 heteroatoms. The Balaban J connectivity index is -0.0000000450. The van der Waals surface area contributed by atoms with Crippen LogP contribution in [0.4, 0.5) is 0 Å². The minimum Gasteiger partial charge on any atom is -0.356 e. The van der Waals surface area contributed by atoms with Crippen molar-refractivity contribution < 1.29 is 55.6 Å².